The van der Waals surface area contributed by atoms with Crippen LogP contribution in [-0.2, 0) is 10.3 Å². The fraction of sp³-hybridized carbons (Fsp3) is 0.0278. The molecule has 7 aromatic rings. The monoisotopic (exact) mass is 516 g/mol. The molecule has 0 saturated heterocycles. The SMILES string of the molecule is O=C1OC(c2c(-c3ccccc3)[nH]c3ccccc23)(c2c(-c3ccccc3)[nH]c3ccccc23)c2ccccc21. The van der Waals surface area contributed by atoms with E-state index in [-0.39, 0.29) is 5.97 Å². The number of para-hydroxylation sites is 2. The molecule has 0 atom stereocenters. The highest BCUT2D eigenvalue weighted by Gasteiger charge is 2.53. The standard InChI is InChI=1S/C36H24N2O2/c39-35-25-17-7-10-20-28(25)36(40-35,31-26-18-8-11-21-29(26)37-33(31)23-13-3-1-4-14-23)32-27-19-9-12-22-30(27)38-34(32)24-15-5-2-6-16-24/h1-22,37-38H. The van der Waals surface area contributed by atoms with Gasteiger partial charge in [0.25, 0.3) is 0 Å². The second kappa shape index (κ2) is 8.58. The molecule has 0 unspecified atom stereocenters. The van der Waals surface area contributed by atoms with Crippen LogP contribution in [0, 0.1) is 0 Å². The van der Waals surface area contributed by atoms with Gasteiger partial charge < -0.3 is 14.7 Å². The van der Waals surface area contributed by atoms with E-state index in [4.69, 9.17) is 4.74 Å². The van der Waals surface area contributed by atoms with Gasteiger partial charge in [0.15, 0.2) is 5.60 Å². The topological polar surface area (TPSA) is 57.9 Å². The number of hydrogen-bond acceptors (Lipinski definition) is 2. The normalized spacial score (nSPS) is 13.9. The number of benzene rings is 5. The summed E-state index contributed by atoms with van der Waals surface area (Å²) >= 11 is 0. The van der Waals surface area contributed by atoms with Crippen molar-refractivity contribution in [1.82, 2.24) is 9.97 Å². The molecule has 0 amide bonds. The molecule has 0 fully saturated rings. The summed E-state index contributed by atoms with van der Waals surface area (Å²) in [5.74, 6) is -0.329. The van der Waals surface area contributed by atoms with Crippen LogP contribution >= 0.6 is 0 Å². The molecule has 190 valence electrons. The molecule has 1 aliphatic rings. The van der Waals surface area contributed by atoms with E-state index in [1.165, 1.54) is 0 Å². The first-order valence-corrected chi connectivity index (χ1v) is 13.4. The Morgan fingerprint density at radius 3 is 1.50 bits per heavy atom. The highest BCUT2D eigenvalue weighted by Crippen LogP contribution is 2.55. The van der Waals surface area contributed by atoms with Gasteiger partial charge in [-0.3, -0.25) is 0 Å². The lowest BCUT2D eigenvalue weighted by Gasteiger charge is -2.32. The Bertz CT molecular complexity index is 1930. The Morgan fingerprint density at radius 2 is 0.950 bits per heavy atom. The molecule has 3 heterocycles. The average Bonchev–Trinajstić information content (AvgIpc) is 3.69. The van der Waals surface area contributed by atoms with Crippen molar-refractivity contribution in [2.75, 3.05) is 0 Å². The van der Waals surface area contributed by atoms with Gasteiger partial charge in [-0.1, -0.05) is 115 Å². The molecule has 8 rings (SSSR count). The summed E-state index contributed by atoms with van der Waals surface area (Å²) < 4.78 is 6.77. The second-order valence-corrected chi connectivity index (χ2v) is 10.2. The van der Waals surface area contributed by atoms with Gasteiger partial charge in [0.1, 0.15) is 0 Å². The number of fused-ring (bicyclic) bond motifs is 3. The Hall–Kier alpha value is -5.35. The van der Waals surface area contributed by atoms with Crippen LogP contribution in [-0.4, -0.2) is 15.9 Å². The zero-order valence-electron chi connectivity index (χ0n) is 21.5. The van der Waals surface area contributed by atoms with Crippen LogP contribution in [0.25, 0.3) is 44.3 Å². The fourth-order valence-corrected chi connectivity index (χ4v) is 6.37. The molecule has 0 radical (unpaired) electrons. The van der Waals surface area contributed by atoms with Crippen molar-refractivity contribution < 1.29 is 9.53 Å². The van der Waals surface area contributed by atoms with Crippen LogP contribution in [0.1, 0.15) is 27.0 Å². The molecule has 0 bridgehead atoms. The number of ether oxygens (including phenoxy) is 1. The van der Waals surface area contributed by atoms with Gasteiger partial charge in [-0.25, -0.2) is 4.79 Å². The largest absolute Gasteiger partial charge is 0.440 e. The minimum absolute atomic E-state index is 0.329. The lowest BCUT2D eigenvalue weighted by molar-refractivity contribution is 0.0263. The van der Waals surface area contributed by atoms with Crippen LogP contribution in [0.4, 0.5) is 0 Å². The lowest BCUT2D eigenvalue weighted by Crippen LogP contribution is -2.30. The van der Waals surface area contributed by atoms with E-state index >= 15 is 0 Å². The van der Waals surface area contributed by atoms with Gasteiger partial charge in [-0.05, 0) is 29.3 Å². The summed E-state index contributed by atoms with van der Waals surface area (Å²) in [7, 11) is 0. The van der Waals surface area contributed by atoms with Gasteiger partial charge in [-0.2, -0.15) is 0 Å². The van der Waals surface area contributed by atoms with Crippen molar-refractivity contribution >= 4 is 27.8 Å². The number of carbonyl (C=O) groups excluding carboxylic acids is 1. The summed E-state index contributed by atoms with van der Waals surface area (Å²) in [5.41, 5.74) is 7.91. The van der Waals surface area contributed by atoms with E-state index in [0.29, 0.717) is 5.56 Å². The first-order chi connectivity index (χ1) is 19.8. The number of cyclic esters (lactones) is 1. The summed E-state index contributed by atoms with van der Waals surface area (Å²) in [6.45, 7) is 0. The fourth-order valence-electron chi connectivity index (χ4n) is 6.37. The van der Waals surface area contributed by atoms with Crippen LogP contribution in [0.2, 0.25) is 0 Å². The molecule has 2 aromatic heterocycles. The first-order valence-electron chi connectivity index (χ1n) is 13.4. The number of rotatable bonds is 4. The van der Waals surface area contributed by atoms with Gasteiger partial charge in [-0.15, -0.1) is 0 Å². The van der Waals surface area contributed by atoms with Crippen LogP contribution in [0.3, 0.4) is 0 Å². The van der Waals surface area contributed by atoms with Gasteiger partial charge >= 0.3 is 5.97 Å². The predicted molar refractivity (Wildman–Crippen MR) is 159 cm³/mol. The van der Waals surface area contributed by atoms with E-state index < -0.39 is 5.60 Å². The number of aromatic amines is 2. The molecule has 2 N–H and O–H groups in total. The second-order valence-electron chi connectivity index (χ2n) is 10.2. The molecular weight excluding hydrogens is 492 g/mol. The Kier molecular flexibility index (Phi) is 4.85. The third kappa shape index (κ3) is 3.10. The maximum atomic E-state index is 13.8. The third-order valence-electron chi connectivity index (χ3n) is 8.01. The van der Waals surface area contributed by atoms with Crippen molar-refractivity contribution in [3.05, 3.63) is 156 Å². The molecular formula is C36H24N2O2. The Balaban J connectivity index is 1.60. The van der Waals surface area contributed by atoms with Crippen LogP contribution in [0.5, 0.6) is 0 Å². The van der Waals surface area contributed by atoms with E-state index in [1.54, 1.807) is 0 Å². The van der Waals surface area contributed by atoms with E-state index in [0.717, 1.165) is 61.0 Å². The van der Waals surface area contributed by atoms with Crippen molar-refractivity contribution in [1.29, 1.82) is 0 Å². The van der Waals surface area contributed by atoms with Gasteiger partial charge in [0.05, 0.1) is 17.0 Å². The molecule has 0 saturated carbocycles. The van der Waals surface area contributed by atoms with Gasteiger partial charge in [0, 0.05) is 38.5 Å². The smallest absolute Gasteiger partial charge is 0.340 e. The first kappa shape index (κ1) is 22.6. The predicted octanol–water partition coefficient (Wildman–Crippen LogP) is 8.45. The van der Waals surface area contributed by atoms with Crippen molar-refractivity contribution in [3.8, 4) is 22.5 Å². The number of nitrogens with one attached hydrogen (secondary N) is 2. The van der Waals surface area contributed by atoms with E-state index in [2.05, 4.69) is 58.5 Å². The lowest BCUT2D eigenvalue weighted by atomic mass is 9.76. The number of esters is 1. The summed E-state index contributed by atoms with van der Waals surface area (Å²) in [4.78, 5) is 21.2. The molecule has 5 aromatic carbocycles. The Labute approximate surface area is 230 Å². The van der Waals surface area contributed by atoms with Crippen LogP contribution < -0.4 is 0 Å². The maximum absolute atomic E-state index is 13.8. The van der Waals surface area contributed by atoms with Crippen molar-refractivity contribution in [3.63, 3.8) is 0 Å². The van der Waals surface area contributed by atoms with E-state index in [1.807, 2.05) is 84.9 Å². The summed E-state index contributed by atoms with van der Waals surface area (Å²) in [5, 5.41) is 2.02. The zero-order chi connectivity index (χ0) is 26.7. The zero-order valence-corrected chi connectivity index (χ0v) is 21.5. The molecule has 40 heavy (non-hydrogen) atoms. The molecule has 4 nitrogen and oxygen atoms in total. The number of aromatic nitrogens is 2. The van der Waals surface area contributed by atoms with E-state index in [9.17, 15) is 4.79 Å². The minimum Gasteiger partial charge on any atom is -0.440 e. The molecule has 0 aliphatic carbocycles. The number of carbonyl (C=O) groups is 1. The third-order valence-corrected chi connectivity index (χ3v) is 8.01. The summed E-state index contributed by atoms with van der Waals surface area (Å²) in [6.07, 6.45) is 0. The van der Waals surface area contributed by atoms with Crippen molar-refractivity contribution in [2.45, 2.75) is 5.60 Å². The molecule has 1 aliphatic heterocycles. The number of hydrogen-bond donors (Lipinski definition) is 2. The van der Waals surface area contributed by atoms with Crippen LogP contribution in [0.15, 0.2) is 133 Å². The minimum atomic E-state index is -1.22. The highest BCUT2D eigenvalue weighted by molar-refractivity contribution is 6.04. The average molecular weight is 517 g/mol. The van der Waals surface area contributed by atoms with Crippen molar-refractivity contribution in [2.24, 2.45) is 0 Å². The van der Waals surface area contributed by atoms with Gasteiger partial charge in [0.2, 0.25) is 0 Å². The molecule has 0 spiro atoms. The molecule has 4 heteroatoms. The maximum Gasteiger partial charge on any atom is 0.340 e. The number of H-pyrrole nitrogens is 2. The highest BCUT2D eigenvalue weighted by atomic mass is 16.6. The summed E-state index contributed by atoms with van der Waals surface area (Å²) in [6, 6.07) is 44.9. The quantitative estimate of drug-likeness (QED) is 0.231. The Morgan fingerprint density at radius 1 is 0.500 bits per heavy atom.